The summed E-state index contributed by atoms with van der Waals surface area (Å²) in [6.07, 6.45) is 4.92. The van der Waals surface area contributed by atoms with Crippen LogP contribution in [0.15, 0.2) is 42.0 Å². The smallest absolute Gasteiger partial charge is 0.263 e. The van der Waals surface area contributed by atoms with E-state index >= 15 is 0 Å². The first-order valence-corrected chi connectivity index (χ1v) is 11.8. The van der Waals surface area contributed by atoms with Gasteiger partial charge in [0, 0.05) is 36.8 Å². The van der Waals surface area contributed by atoms with Crippen LogP contribution >= 0.6 is 22.9 Å². The molecule has 3 amide bonds. The van der Waals surface area contributed by atoms with Gasteiger partial charge in [-0.15, -0.1) is 11.3 Å². The Morgan fingerprint density at radius 3 is 2.48 bits per heavy atom. The standard InChI is InChI=1S/C23H21ClN4O4S/c1-32-18-17(12-33-19(18)24)21(29)26-9-6-14(7-10-26)20-25-8-11-27(20)13-28-22(30)15-4-2-3-5-16(15)23(28)31/h2-5,8,11-12,14H,6-7,9-10,13H2,1H3. The number of piperidine rings is 1. The van der Waals surface area contributed by atoms with Gasteiger partial charge in [0.15, 0.2) is 5.75 Å². The van der Waals surface area contributed by atoms with Crippen molar-refractivity contribution in [3.05, 3.63) is 68.9 Å². The largest absolute Gasteiger partial charge is 0.493 e. The molecule has 3 aromatic rings. The van der Waals surface area contributed by atoms with Crippen molar-refractivity contribution in [1.29, 1.82) is 0 Å². The highest BCUT2D eigenvalue weighted by atomic mass is 35.5. The molecule has 0 spiro atoms. The number of imidazole rings is 1. The highest BCUT2D eigenvalue weighted by molar-refractivity contribution is 7.15. The van der Waals surface area contributed by atoms with Gasteiger partial charge in [0.1, 0.15) is 16.8 Å². The predicted molar refractivity (Wildman–Crippen MR) is 123 cm³/mol. The number of hydrogen-bond donors (Lipinski definition) is 0. The lowest BCUT2D eigenvalue weighted by Gasteiger charge is -2.32. The average Bonchev–Trinajstić information content (AvgIpc) is 3.52. The summed E-state index contributed by atoms with van der Waals surface area (Å²) in [6, 6.07) is 6.86. The van der Waals surface area contributed by atoms with E-state index in [1.807, 2.05) is 4.57 Å². The monoisotopic (exact) mass is 484 g/mol. The fourth-order valence-corrected chi connectivity index (χ4v) is 5.53. The molecule has 1 aromatic carbocycles. The van der Waals surface area contributed by atoms with Crippen LogP contribution < -0.4 is 4.74 Å². The number of methoxy groups -OCH3 is 1. The Morgan fingerprint density at radius 2 is 1.85 bits per heavy atom. The number of carbonyl (C=O) groups excluding carboxylic acids is 3. The van der Waals surface area contributed by atoms with E-state index in [1.54, 1.807) is 46.9 Å². The van der Waals surface area contributed by atoms with Gasteiger partial charge in [-0.25, -0.2) is 4.98 Å². The number of nitrogens with zero attached hydrogens (tertiary/aromatic N) is 4. The second-order valence-corrected chi connectivity index (χ2v) is 9.49. The first-order chi connectivity index (χ1) is 16.0. The molecule has 0 atom stereocenters. The topological polar surface area (TPSA) is 84.7 Å². The van der Waals surface area contributed by atoms with E-state index in [0.29, 0.717) is 39.9 Å². The zero-order valence-corrected chi connectivity index (χ0v) is 19.4. The molecule has 2 aliphatic rings. The third kappa shape index (κ3) is 3.71. The quantitative estimate of drug-likeness (QED) is 0.513. The molecule has 4 heterocycles. The van der Waals surface area contributed by atoms with E-state index in [2.05, 4.69) is 4.98 Å². The Kier molecular flexibility index (Phi) is 5.67. The first-order valence-electron chi connectivity index (χ1n) is 10.6. The SMILES string of the molecule is COc1c(C(=O)N2CCC(c3nccn3CN3C(=O)c4ccccc4C3=O)CC2)csc1Cl. The summed E-state index contributed by atoms with van der Waals surface area (Å²) < 4.78 is 7.60. The normalized spacial score (nSPS) is 16.4. The lowest BCUT2D eigenvalue weighted by molar-refractivity contribution is 0.0597. The number of halogens is 1. The number of ether oxygens (including phenoxy) is 1. The number of imide groups is 1. The number of carbonyl (C=O) groups is 3. The fraction of sp³-hybridized carbons (Fsp3) is 0.304. The number of fused-ring (bicyclic) bond motifs is 1. The number of rotatable bonds is 5. The molecule has 0 radical (unpaired) electrons. The zero-order chi connectivity index (χ0) is 23.1. The lowest BCUT2D eigenvalue weighted by Crippen LogP contribution is -2.39. The van der Waals surface area contributed by atoms with Gasteiger partial charge >= 0.3 is 0 Å². The Labute approximate surface area is 199 Å². The van der Waals surface area contributed by atoms with Crippen molar-refractivity contribution in [3.8, 4) is 5.75 Å². The van der Waals surface area contributed by atoms with Gasteiger partial charge in [0.05, 0.1) is 23.8 Å². The second kappa shape index (κ2) is 8.64. The molecule has 0 aliphatic carbocycles. The highest BCUT2D eigenvalue weighted by Crippen LogP contribution is 2.37. The third-order valence-electron chi connectivity index (χ3n) is 6.20. The molecular weight excluding hydrogens is 464 g/mol. The van der Waals surface area contributed by atoms with E-state index in [-0.39, 0.29) is 30.3 Å². The maximum atomic E-state index is 13.0. The molecule has 2 aromatic heterocycles. The molecule has 5 rings (SSSR count). The van der Waals surface area contributed by atoms with Crippen molar-refractivity contribution in [2.45, 2.75) is 25.4 Å². The van der Waals surface area contributed by atoms with E-state index in [1.165, 1.54) is 23.3 Å². The van der Waals surface area contributed by atoms with Crippen LogP contribution in [0.1, 0.15) is 55.7 Å². The van der Waals surface area contributed by atoms with Crippen molar-refractivity contribution in [2.24, 2.45) is 0 Å². The van der Waals surface area contributed by atoms with Crippen LogP contribution in [-0.2, 0) is 6.67 Å². The van der Waals surface area contributed by atoms with Crippen LogP contribution in [-0.4, -0.2) is 57.3 Å². The summed E-state index contributed by atoms with van der Waals surface area (Å²) >= 11 is 7.40. The molecule has 0 N–H and O–H groups in total. The fourth-order valence-electron chi connectivity index (χ4n) is 4.49. The maximum absolute atomic E-state index is 13.0. The Balaban J connectivity index is 1.27. The first kappa shape index (κ1) is 21.7. The minimum atomic E-state index is -0.293. The molecule has 1 saturated heterocycles. The number of benzene rings is 1. The number of hydrogen-bond acceptors (Lipinski definition) is 6. The van der Waals surface area contributed by atoms with Crippen molar-refractivity contribution < 1.29 is 19.1 Å². The van der Waals surface area contributed by atoms with Crippen molar-refractivity contribution in [1.82, 2.24) is 19.4 Å². The van der Waals surface area contributed by atoms with Crippen LogP contribution in [0.2, 0.25) is 4.34 Å². The molecule has 10 heteroatoms. The Hall–Kier alpha value is -3.17. The Bertz CT molecular complexity index is 1210. The number of aromatic nitrogens is 2. The van der Waals surface area contributed by atoms with E-state index in [0.717, 1.165) is 18.7 Å². The van der Waals surface area contributed by atoms with Gasteiger partial charge in [-0.3, -0.25) is 19.3 Å². The highest BCUT2D eigenvalue weighted by Gasteiger charge is 2.36. The molecule has 1 fully saturated rings. The minimum Gasteiger partial charge on any atom is -0.493 e. The molecule has 0 unspecified atom stereocenters. The summed E-state index contributed by atoms with van der Waals surface area (Å²) in [7, 11) is 1.51. The average molecular weight is 485 g/mol. The molecule has 170 valence electrons. The van der Waals surface area contributed by atoms with Crippen LogP contribution in [0.25, 0.3) is 0 Å². The Morgan fingerprint density at radius 1 is 1.18 bits per heavy atom. The third-order valence-corrected chi connectivity index (χ3v) is 7.39. The summed E-state index contributed by atoms with van der Waals surface area (Å²) in [5, 5.41) is 1.73. The van der Waals surface area contributed by atoms with Gasteiger partial charge in [-0.2, -0.15) is 0 Å². The van der Waals surface area contributed by atoms with Crippen molar-refractivity contribution in [3.63, 3.8) is 0 Å². The summed E-state index contributed by atoms with van der Waals surface area (Å²) in [6.45, 7) is 1.26. The summed E-state index contributed by atoms with van der Waals surface area (Å²) in [4.78, 5) is 46.0. The van der Waals surface area contributed by atoms with Crippen molar-refractivity contribution >= 4 is 40.7 Å². The van der Waals surface area contributed by atoms with Gasteiger partial charge in [0.2, 0.25) is 0 Å². The number of likely N-dealkylation sites (tertiary alicyclic amines) is 1. The second-order valence-electron chi connectivity index (χ2n) is 8.00. The molecule has 0 saturated carbocycles. The van der Waals surface area contributed by atoms with Gasteiger partial charge < -0.3 is 14.2 Å². The molecule has 8 nitrogen and oxygen atoms in total. The molecule has 0 bridgehead atoms. The van der Waals surface area contributed by atoms with Crippen molar-refractivity contribution in [2.75, 3.05) is 20.2 Å². The molecule has 2 aliphatic heterocycles. The van der Waals surface area contributed by atoms with E-state index < -0.39 is 0 Å². The van der Waals surface area contributed by atoms with Gasteiger partial charge in [0.25, 0.3) is 17.7 Å². The molecular formula is C23H21ClN4O4S. The minimum absolute atomic E-state index is 0.0946. The van der Waals surface area contributed by atoms with Crippen LogP contribution in [0.3, 0.4) is 0 Å². The van der Waals surface area contributed by atoms with Gasteiger partial charge in [-0.1, -0.05) is 23.7 Å². The number of thiophene rings is 1. The van der Waals surface area contributed by atoms with Gasteiger partial charge in [-0.05, 0) is 25.0 Å². The van der Waals surface area contributed by atoms with E-state index in [9.17, 15) is 14.4 Å². The summed E-state index contributed by atoms with van der Waals surface area (Å²) in [5.41, 5.74) is 1.35. The predicted octanol–water partition coefficient (Wildman–Crippen LogP) is 3.88. The number of amides is 3. The van der Waals surface area contributed by atoms with Crippen LogP contribution in [0.4, 0.5) is 0 Å². The van der Waals surface area contributed by atoms with E-state index in [4.69, 9.17) is 16.3 Å². The molecule has 33 heavy (non-hydrogen) atoms. The van der Waals surface area contributed by atoms with Crippen LogP contribution in [0.5, 0.6) is 5.75 Å². The zero-order valence-electron chi connectivity index (χ0n) is 17.9. The summed E-state index contributed by atoms with van der Waals surface area (Å²) in [5.74, 6) is 0.674. The maximum Gasteiger partial charge on any atom is 0.263 e. The van der Waals surface area contributed by atoms with Crippen LogP contribution in [0, 0.1) is 0 Å². The lowest BCUT2D eigenvalue weighted by atomic mass is 9.95.